The molecule has 1 N–H and O–H groups in total. The minimum Gasteiger partial charge on any atom is -0.321 e. The predicted octanol–water partition coefficient (Wildman–Crippen LogP) is 4.15. The zero-order valence-electron chi connectivity index (χ0n) is 12.5. The van der Waals surface area contributed by atoms with Crippen LogP contribution in [0.1, 0.15) is 51.3 Å². The molecule has 4 heteroatoms. The second-order valence-electron chi connectivity index (χ2n) is 5.55. The first kappa shape index (κ1) is 14.3. The topological polar surface area (TPSA) is 42.0 Å². The quantitative estimate of drug-likeness (QED) is 0.922. The van der Waals surface area contributed by atoms with Gasteiger partial charge in [-0.3, -0.25) is 4.79 Å². The van der Waals surface area contributed by atoms with E-state index in [-0.39, 0.29) is 5.91 Å². The highest BCUT2D eigenvalue weighted by atomic mass is 32.1. The number of hydrogen-bond acceptors (Lipinski definition) is 3. The Labute approximate surface area is 129 Å². The molecule has 0 fully saturated rings. The lowest BCUT2D eigenvalue weighted by molar-refractivity contribution is 0.102. The van der Waals surface area contributed by atoms with Gasteiger partial charge < -0.3 is 5.32 Å². The van der Waals surface area contributed by atoms with Crippen LogP contribution in [0.3, 0.4) is 0 Å². The largest absolute Gasteiger partial charge is 0.321 e. The first-order valence-corrected chi connectivity index (χ1v) is 8.38. The Morgan fingerprint density at radius 3 is 2.95 bits per heavy atom. The molecule has 0 saturated carbocycles. The van der Waals surface area contributed by atoms with Crippen LogP contribution in [0, 0.1) is 6.92 Å². The summed E-state index contributed by atoms with van der Waals surface area (Å²) < 4.78 is 0. The fourth-order valence-electron chi connectivity index (χ4n) is 2.89. The third kappa shape index (κ3) is 3.00. The maximum atomic E-state index is 12.5. The average Bonchev–Trinajstić information content (AvgIpc) is 3.05. The van der Waals surface area contributed by atoms with Crippen molar-refractivity contribution < 1.29 is 4.79 Å². The number of anilines is 1. The number of amides is 1. The molecule has 0 bridgehead atoms. The Morgan fingerprint density at radius 1 is 1.33 bits per heavy atom. The maximum Gasteiger partial charge on any atom is 0.267 e. The van der Waals surface area contributed by atoms with Gasteiger partial charge in [0, 0.05) is 5.69 Å². The second kappa shape index (κ2) is 5.98. The van der Waals surface area contributed by atoms with Gasteiger partial charge in [-0.15, -0.1) is 11.3 Å². The molecule has 2 aromatic rings. The monoisotopic (exact) mass is 300 g/mol. The molecular weight excluding hydrogens is 280 g/mol. The summed E-state index contributed by atoms with van der Waals surface area (Å²) >= 11 is 1.48. The molecule has 0 saturated heterocycles. The van der Waals surface area contributed by atoms with E-state index in [1.807, 2.05) is 13.0 Å². The lowest BCUT2D eigenvalue weighted by atomic mass is 10.1. The number of hydrogen-bond donors (Lipinski definition) is 1. The lowest BCUT2D eigenvalue weighted by Gasteiger charge is -2.07. The Kier molecular flexibility index (Phi) is 4.06. The highest BCUT2D eigenvalue weighted by molar-refractivity contribution is 7.13. The fraction of sp³-hybridized carbons (Fsp3) is 0.412. The number of nitrogens with one attached hydrogen (secondary N) is 1. The molecule has 1 aromatic heterocycles. The predicted molar refractivity (Wildman–Crippen MR) is 87.3 cm³/mol. The van der Waals surface area contributed by atoms with Crippen molar-refractivity contribution in [1.29, 1.82) is 0 Å². The number of rotatable bonds is 4. The minimum absolute atomic E-state index is 0.0259. The highest BCUT2D eigenvalue weighted by Crippen LogP contribution is 2.26. The smallest absolute Gasteiger partial charge is 0.267 e. The molecule has 1 aliphatic carbocycles. The molecule has 1 aliphatic rings. The average molecular weight is 300 g/mol. The van der Waals surface area contributed by atoms with Gasteiger partial charge in [0.05, 0.1) is 10.7 Å². The summed E-state index contributed by atoms with van der Waals surface area (Å²) in [6.45, 7) is 4.06. The summed E-state index contributed by atoms with van der Waals surface area (Å²) in [6.07, 6.45) is 5.37. The van der Waals surface area contributed by atoms with Crippen LogP contribution >= 0.6 is 11.3 Å². The Morgan fingerprint density at radius 2 is 2.14 bits per heavy atom. The van der Waals surface area contributed by atoms with Gasteiger partial charge in [-0.2, -0.15) is 0 Å². The molecule has 1 amide bonds. The summed E-state index contributed by atoms with van der Waals surface area (Å²) in [5, 5.41) is 3.99. The standard InChI is InChI=1S/C17H20N2OS/c1-3-5-15-16(21-11(2)18-15)17(20)19-14-9-8-12-6-4-7-13(12)10-14/h8-10H,3-7H2,1-2H3,(H,19,20). The third-order valence-electron chi connectivity index (χ3n) is 3.85. The molecule has 3 rings (SSSR count). The van der Waals surface area contributed by atoms with Crippen molar-refractivity contribution in [2.24, 2.45) is 0 Å². The molecule has 21 heavy (non-hydrogen) atoms. The van der Waals surface area contributed by atoms with E-state index < -0.39 is 0 Å². The SMILES string of the molecule is CCCc1nc(C)sc1C(=O)Nc1ccc2c(c1)CCC2. The van der Waals surface area contributed by atoms with Gasteiger partial charge in [-0.1, -0.05) is 19.4 Å². The minimum atomic E-state index is -0.0259. The number of aromatic nitrogens is 1. The number of nitrogens with zero attached hydrogens (tertiary/aromatic N) is 1. The molecule has 3 nitrogen and oxygen atoms in total. The van der Waals surface area contributed by atoms with E-state index in [4.69, 9.17) is 0 Å². The van der Waals surface area contributed by atoms with Gasteiger partial charge in [0.15, 0.2) is 0 Å². The van der Waals surface area contributed by atoms with Gasteiger partial charge in [0.1, 0.15) is 4.88 Å². The van der Waals surface area contributed by atoms with E-state index in [1.165, 1.54) is 28.9 Å². The van der Waals surface area contributed by atoms with Crippen LogP contribution in [0.4, 0.5) is 5.69 Å². The van der Waals surface area contributed by atoms with E-state index in [1.54, 1.807) is 0 Å². The number of benzene rings is 1. The molecule has 0 radical (unpaired) electrons. The summed E-state index contributed by atoms with van der Waals surface area (Å²) in [7, 11) is 0. The van der Waals surface area contributed by atoms with E-state index >= 15 is 0 Å². The van der Waals surface area contributed by atoms with Crippen LogP contribution in [0.5, 0.6) is 0 Å². The van der Waals surface area contributed by atoms with Crippen LogP contribution < -0.4 is 5.32 Å². The third-order valence-corrected chi connectivity index (χ3v) is 4.87. The van der Waals surface area contributed by atoms with Crippen LogP contribution in [-0.4, -0.2) is 10.9 Å². The summed E-state index contributed by atoms with van der Waals surface area (Å²) in [5.74, 6) is -0.0259. The van der Waals surface area contributed by atoms with Crippen LogP contribution in [-0.2, 0) is 19.3 Å². The fourth-order valence-corrected chi connectivity index (χ4v) is 3.75. The molecule has 110 valence electrons. The van der Waals surface area contributed by atoms with Crippen LogP contribution in [0.2, 0.25) is 0 Å². The van der Waals surface area contributed by atoms with Gasteiger partial charge >= 0.3 is 0 Å². The number of carbonyl (C=O) groups is 1. The number of aryl methyl sites for hydroxylation is 4. The zero-order chi connectivity index (χ0) is 14.8. The highest BCUT2D eigenvalue weighted by Gasteiger charge is 2.17. The molecule has 1 aromatic carbocycles. The number of fused-ring (bicyclic) bond motifs is 1. The Hall–Kier alpha value is -1.68. The van der Waals surface area contributed by atoms with Crippen molar-refractivity contribution in [1.82, 2.24) is 4.98 Å². The zero-order valence-corrected chi connectivity index (χ0v) is 13.3. The number of thiazole rings is 1. The van der Waals surface area contributed by atoms with E-state index in [0.29, 0.717) is 0 Å². The lowest BCUT2D eigenvalue weighted by Crippen LogP contribution is -2.12. The molecule has 1 heterocycles. The number of carbonyl (C=O) groups excluding carboxylic acids is 1. The van der Waals surface area contributed by atoms with Gasteiger partial charge in [-0.25, -0.2) is 4.98 Å². The molecule has 0 unspecified atom stereocenters. The van der Waals surface area contributed by atoms with Crippen molar-refractivity contribution in [2.75, 3.05) is 5.32 Å². The van der Waals surface area contributed by atoms with E-state index in [9.17, 15) is 4.79 Å². The van der Waals surface area contributed by atoms with E-state index in [2.05, 4.69) is 29.4 Å². The normalized spacial score (nSPS) is 13.2. The summed E-state index contributed by atoms with van der Waals surface area (Å²) in [6, 6.07) is 6.27. The molecule has 0 atom stereocenters. The first-order chi connectivity index (χ1) is 10.2. The molecule has 0 spiro atoms. The van der Waals surface area contributed by atoms with Crippen molar-refractivity contribution in [2.45, 2.75) is 46.0 Å². The van der Waals surface area contributed by atoms with Crippen molar-refractivity contribution >= 4 is 22.9 Å². The van der Waals surface area contributed by atoms with Crippen molar-refractivity contribution in [3.05, 3.63) is 44.9 Å². The van der Waals surface area contributed by atoms with Gasteiger partial charge in [0.25, 0.3) is 5.91 Å². The van der Waals surface area contributed by atoms with Gasteiger partial charge in [0.2, 0.25) is 0 Å². The summed E-state index contributed by atoms with van der Waals surface area (Å²) in [4.78, 5) is 17.7. The first-order valence-electron chi connectivity index (χ1n) is 7.57. The Bertz CT molecular complexity index is 675. The van der Waals surface area contributed by atoms with Crippen molar-refractivity contribution in [3.63, 3.8) is 0 Å². The summed E-state index contributed by atoms with van der Waals surface area (Å²) in [5.41, 5.74) is 4.63. The molecular formula is C17H20N2OS. The molecule has 0 aliphatic heterocycles. The maximum absolute atomic E-state index is 12.5. The van der Waals surface area contributed by atoms with E-state index in [0.717, 1.165) is 46.9 Å². The Balaban J connectivity index is 1.80. The van der Waals surface area contributed by atoms with Crippen LogP contribution in [0.15, 0.2) is 18.2 Å². The van der Waals surface area contributed by atoms with Gasteiger partial charge in [-0.05, 0) is 55.9 Å². The second-order valence-corrected chi connectivity index (χ2v) is 6.75. The van der Waals surface area contributed by atoms with Crippen molar-refractivity contribution in [3.8, 4) is 0 Å². The van der Waals surface area contributed by atoms with Crippen LogP contribution in [0.25, 0.3) is 0 Å².